The third-order valence-corrected chi connectivity index (χ3v) is 2.45. The van der Waals surface area contributed by atoms with Crippen LogP contribution in [0.2, 0.25) is 5.02 Å². The third kappa shape index (κ3) is 3.89. The Morgan fingerprint density at radius 3 is 2.88 bits per heavy atom. The van der Waals surface area contributed by atoms with Crippen LogP contribution in [0.5, 0.6) is 0 Å². The van der Waals surface area contributed by atoms with Crippen LogP contribution in [0.4, 0.5) is 11.4 Å². The summed E-state index contributed by atoms with van der Waals surface area (Å²) in [5.74, 6) is 0. The van der Waals surface area contributed by atoms with Crippen LogP contribution < -0.4 is 11.1 Å². The lowest BCUT2D eigenvalue weighted by atomic mass is 10.2. The van der Waals surface area contributed by atoms with Crippen molar-refractivity contribution in [2.75, 3.05) is 31.4 Å². The molecule has 5 heteroatoms. The molecule has 0 aliphatic heterocycles. The second-order valence-electron chi connectivity index (χ2n) is 3.54. The van der Waals surface area contributed by atoms with Gasteiger partial charge in [0, 0.05) is 18.7 Å². The van der Waals surface area contributed by atoms with E-state index in [2.05, 4.69) is 5.32 Å². The quantitative estimate of drug-likeness (QED) is 0.667. The molecule has 0 spiro atoms. The van der Waals surface area contributed by atoms with Crippen molar-refractivity contribution in [3.05, 3.63) is 23.2 Å². The zero-order valence-electron chi connectivity index (χ0n) is 9.24. The number of nitrogens with two attached hydrogens (primary N) is 1. The minimum absolute atomic E-state index is 0.0403. The van der Waals surface area contributed by atoms with Gasteiger partial charge in [-0.3, -0.25) is 0 Å². The van der Waals surface area contributed by atoms with Crippen molar-refractivity contribution in [1.82, 2.24) is 0 Å². The lowest BCUT2D eigenvalue weighted by Crippen LogP contribution is -2.26. The van der Waals surface area contributed by atoms with E-state index in [1.807, 2.05) is 6.07 Å². The Morgan fingerprint density at radius 1 is 1.56 bits per heavy atom. The number of rotatable bonds is 6. The SMILES string of the molecule is COCC(CCO)Nc1ccc(Cl)cc1N. The maximum absolute atomic E-state index is 8.91. The summed E-state index contributed by atoms with van der Waals surface area (Å²) < 4.78 is 5.05. The van der Waals surface area contributed by atoms with Crippen LogP contribution in [0.3, 0.4) is 0 Å². The fourth-order valence-electron chi connectivity index (χ4n) is 1.44. The number of hydrogen-bond acceptors (Lipinski definition) is 4. The van der Waals surface area contributed by atoms with Gasteiger partial charge in [0.1, 0.15) is 0 Å². The molecule has 0 radical (unpaired) electrons. The highest BCUT2D eigenvalue weighted by Crippen LogP contribution is 2.23. The molecule has 0 aliphatic rings. The molecule has 16 heavy (non-hydrogen) atoms. The van der Waals surface area contributed by atoms with E-state index in [1.165, 1.54) is 0 Å². The van der Waals surface area contributed by atoms with Gasteiger partial charge in [0.2, 0.25) is 0 Å². The Hall–Kier alpha value is -0.970. The lowest BCUT2D eigenvalue weighted by Gasteiger charge is -2.19. The van der Waals surface area contributed by atoms with Crippen LogP contribution in [0.15, 0.2) is 18.2 Å². The normalized spacial score (nSPS) is 12.4. The second-order valence-corrected chi connectivity index (χ2v) is 3.98. The summed E-state index contributed by atoms with van der Waals surface area (Å²) in [5, 5.41) is 12.7. The summed E-state index contributed by atoms with van der Waals surface area (Å²) in [7, 11) is 1.62. The minimum atomic E-state index is 0.0403. The summed E-state index contributed by atoms with van der Waals surface area (Å²) >= 11 is 5.80. The number of anilines is 2. The van der Waals surface area contributed by atoms with Gasteiger partial charge in [0.05, 0.1) is 24.0 Å². The summed E-state index contributed by atoms with van der Waals surface area (Å²) in [5.41, 5.74) is 7.21. The van der Waals surface area contributed by atoms with Crippen LogP contribution in [0, 0.1) is 0 Å². The molecule has 1 rings (SSSR count). The molecule has 0 amide bonds. The van der Waals surface area contributed by atoms with E-state index in [-0.39, 0.29) is 12.6 Å². The number of nitrogens with one attached hydrogen (secondary N) is 1. The van der Waals surface area contributed by atoms with E-state index in [0.29, 0.717) is 23.7 Å². The van der Waals surface area contributed by atoms with Gasteiger partial charge in [0.15, 0.2) is 0 Å². The van der Waals surface area contributed by atoms with Crippen molar-refractivity contribution in [3.63, 3.8) is 0 Å². The molecule has 0 fully saturated rings. The molecule has 4 nitrogen and oxygen atoms in total. The second kappa shape index (κ2) is 6.58. The monoisotopic (exact) mass is 244 g/mol. The first kappa shape index (κ1) is 13.1. The highest BCUT2D eigenvalue weighted by molar-refractivity contribution is 6.31. The van der Waals surface area contributed by atoms with E-state index in [0.717, 1.165) is 5.69 Å². The number of methoxy groups -OCH3 is 1. The van der Waals surface area contributed by atoms with E-state index in [4.69, 9.17) is 27.2 Å². The number of benzene rings is 1. The lowest BCUT2D eigenvalue weighted by molar-refractivity contribution is 0.170. The molecule has 0 aliphatic carbocycles. The van der Waals surface area contributed by atoms with Crippen molar-refractivity contribution >= 4 is 23.0 Å². The predicted molar refractivity (Wildman–Crippen MR) is 66.9 cm³/mol. The van der Waals surface area contributed by atoms with Crippen LogP contribution in [0.1, 0.15) is 6.42 Å². The fraction of sp³-hybridized carbons (Fsp3) is 0.455. The molecular weight excluding hydrogens is 228 g/mol. The third-order valence-electron chi connectivity index (χ3n) is 2.22. The van der Waals surface area contributed by atoms with Gasteiger partial charge in [-0.2, -0.15) is 0 Å². The zero-order chi connectivity index (χ0) is 12.0. The van der Waals surface area contributed by atoms with E-state index < -0.39 is 0 Å². The molecule has 1 aromatic rings. The van der Waals surface area contributed by atoms with Crippen molar-refractivity contribution < 1.29 is 9.84 Å². The number of ether oxygens (including phenoxy) is 1. The number of halogens is 1. The van der Waals surface area contributed by atoms with E-state index in [9.17, 15) is 0 Å². The average Bonchev–Trinajstić information content (AvgIpc) is 2.23. The highest BCUT2D eigenvalue weighted by atomic mass is 35.5. The molecule has 0 saturated heterocycles. The summed E-state index contributed by atoms with van der Waals surface area (Å²) in [6.07, 6.45) is 0.607. The fourth-order valence-corrected chi connectivity index (χ4v) is 1.62. The molecule has 1 atom stereocenters. The standard InChI is InChI=1S/C11H17ClN2O2/c1-16-7-9(4-5-15)14-11-3-2-8(12)6-10(11)13/h2-3,6,9,14-15H,4-5,7,13H2,1H3. The molecule has 1 aromatic carbocycles. The van der Waals surface area contributed by atoms with Crippen LogP contribution in [0.25, 0.3) is 0 Å². The van der Waals surface area contributed by atoms with Gasteiger partial charge >= 0.3 is 0 Å². The van der Waals surface area contributed by atoms with Gasteiger partial charge in [-0.15, -0.1) is 0 Å². The van der Waals surface area contributed by atoms with Gasteiger partial charge in [0.25, 0.3) is 0 Å². The molecule has 4 N–H and O–H groups in total. The Labute approximate surface area is 100 Å². The van der Waals surface area contributed by atoms with Gasteiger partial charge in [-0.1, -0.05) is 11.6 Å². The largest absolute Gasteiger partial charge is 0.397 e. The average molecular weight is 245 g/mol. The first-order valence-electron chi connectivity index (χ1n) is 5.08. The molecule has 0 heterocycles. The Balaban J connectivity index is 2.68. The molecule has 90 valence electrons. The van der Waals surface area contributed by atoms with Gasteiger partial charge < -0.3 is 20.9 Å². The highest BCUT2D eigenvalue weighted by Gasteiger charge is 2.09. The van der Waals surface area contributed by atoms with Crippen LogP contribution in [-0.2, 0) is 4.74 Å². The molecule has 0 aromatic heterocycles. The maximum Gasteiger partial charge on any atom is 0.0664 e. The summed E-state index contributed by atoms with van der Waals surface area (Å²) in [6, 6.07) is 5.31. The Bertz CT molecular complexity index is 328. The van der Waals surface area contributed by atoms with Gasteiger partial charge in [-0.25, -0.2) is 0 Å². The summed E-state index contributed by atoms with van der Waals surface area (Å²) in [4.78, 5) is 0. The van der Waals surface area contributed by atoms with Gasteiger partial charge in [-0.05, 0) is 24.6 Å². The van der Waals surface area contributed by atoms with E-state index in [1.54, 1.807) is 19.2 Å². The van der Waals surface area contributed by atoms with Crippen molar-refractivity contribution in [2.45, 2.75) is 12.5 Å². The Kier molecular flexibility index (Phi) is 5.38. The van der Waals surface area contributed by atoms with Crippen molar-refractivity contribution in [1.29, 1.82) is 0 Å². The number of nitrogen functional groups attached to an aromatic ring is 1. The van der Waals surface area contributed by atoms with Crippen LogP contribution in [-0.4, -0.2) is 31.5 Å². The first-order chi connectivity index (χ1) is 7.67. The smallest absolute Gasteiger partial charge is 0.0664 e. The summed E-state index contributed by atoms with van der Waals surface area (Å²) in [6.45, 7) is 0.622. The minimum Gasteiger partial charge on any atom is -0.397 e. The van der Waals surface area contributed by atoms with Crippen molar-refractivity contribution in [3.8, 4) is 0 Å². The molecule has 0 saturated carbocycles. The topological polar surface area (TPSA) is 67.5 Å². The maximum atomic E-state index is 8.91. The first-order valence-corrected chi connectivity index (χ1v) is 5.46. The van der Waals surface area contributed by atoms with Crippen LogP contribution >= 0.6 is 11.6 Å². The predicted octanol–water partition coefficient (Wildman–Crippen LogP) is 1.73. The van der Waals surface area contributed by atoms with E-state index >= 15 is 0 Å². The number of hydrogen-bond donors (Lipinski definition) is 3. The molecular formula is C11H17ClN2O2. The molecule has 1 unspecified atom stereocenters. The number of aliphatic hydroxyl groups is 1. The zero-order valence-corrected chi connectivity index (χ0v) is 10.00. The number of aliphatic hydroxyl groups excluding tert-OH is 1. The Morgan fingerprint density at radius 2 is 2.31 bits per heavy atom. The van der Waals surface area contributed by atoms with Crippen molar-refractivity contribution in [2.24, 2.45) is 0 Å². The molecule has 0 bridgehead atoms.